The van der Waals surface area contributed by atoms with Crippen LogP contribution in [-0.2, 0) is 11.8 Å². The van der Waals surface area contributed by atoms with E-state index in [-0.39, 0.29) is 17.4 Å². The average molecular weight is 604 g/mol. The maximum absolute atomic E-state index is 13.4. The molecule has 1 aliphatic heterocycles. The molecule has 0 bridgehead atoms. The van der Waals surface area contributed by atoms with Crippen molar-refractivity contribution in [3.63, 3.8) is 0 Å². The Bertz CT molecular complexity index is 1840. The van der Waals surface area contributed by atoms with Gasteiger partial charge in [-0.05, 0) is 68.9 Å². The van der Waals surface area contributed by atoms with E-state index < -0.39 is 0 Å². The first-order chi connectivity index (χ1) is 21.6. The average Bonchev–Trinajstić information content (AvgIpc) is 3.60. The largest absolute Gasteiger partial charge is 0.451 e. The molecule has 3 heterocycles. The molecular weight excluding hydrogens is 562 g/mol. The summed E-state index contributed by atoms with van der Waals surface area (Å²) in [6.07, 6.45) is 2.59. The molecule has 3 aromatic carbocycles. The summed E-state index contributed by atoms with van der Waals surface area (Å²) < 4.78 is 7.73. The number of fused-ring (bicyclic) bond motifs is 1. The van der Waals surface area contributed by atoms with Crippen LogP contribution in [0.1, 0.15) is 66.6 Å². The summed E-state index contributed by atoms with van der Waals surface area (Å²) >= 11 is 0. The van der Waals surface area contributed by atoms with Gasteiger partial charge in [-0.1, -0.05) is 74.9 Å². The number of likely N-dealkylation sites (tertiary alicyclic amines) is 1. The highest BCUT2D eigenvalue weighted by molar-refractivity contribution is 6.00. The molecule has 0 atom stereocenters. The minimum absolute atomic E-state index is 0.0413. The Morgan fingerprint density at radius 3 is 2.31 bits per heavy atom. The SMILES string of the molecule is Cc1ccc(-n2nc(C(C)(C)C)cc2NC(=O)Nc2ccccc2CC2CCN(C(=O)c3oc4ccccc4c3C)CC2)cc1. The van der Waals surface area contributed by atoms with Crippen molar-refractivity contribution in [1.29, 1.82) is 0 Å². The number of amides is 3. The predicted octanol–water partition coefficient (Wildman–Crippen LogP) is 8.27. The maximum atomic E-state index is 13.4. The van der Waals surface area contributed by atoms with Gasteiger partial charge < -0.3 is 14.6 Å². The summed E-state index contributed by atoms with van der Waals surface area (Å²) in [6, 6.07) is 25.4. The molecule has 232 valence electrons. The lowest BCUT2D eigenvalue weighted by atomic mass is 9.89. The number of nitrogens with one attached hydrogen (secondary N) is 2. The third-order valence-corrected chi connectivity index (χ3v) is 8.71. The van der Waals surface area contributed by atoms with E-state index >= 15 is 0 Å². The van der Waals surface area contributed by atoms with E-state index in [4.69, 9.17) is 9.52 Å². The monoisotopic (exact) mass is 603 g/mol. The molecule has 0 unspecified atom stereocenters. The summed E-state index contributed by atoms with van der Waals surface area (Å²) in [6.45, 7) is 11.7. The van der Waals surface area contributed by atoms with Crippen molar-refractivity contribution in [1.82, 2.24) is 14.7 Å². The number of hydrogen-bond acceptors (Lipinski definition) is 4. The maximum Gasteiger partial charge on any atom is 0.324 e. The second kappa shape index (κ2) is 12.3. The van der Waals surface area contributed by atoms with Crippen molar-refractivity contribution in [2.24, 2.45) is 5.92 Å². The Kier molecular flexibility index (Phi) is 8.23. The van der Waals surface area contributed by atoms with Crippen molar-refractivity contribution in [2.45, 2.75) is 59.3 Å². The molecule has 1 saturated heterocycles. The van der Waals surface area contributed by atoms with Gasteiger partial charge in [0.2, 0.25) is 0 Å². The standard InChI is InChI=1S/C37H41N5O3/c1-24-14-16-28(17-15-24)42-33(23-32(40-42)37(3,4)5)39-36(44)38-30-12-8-6-10-27(30)22-26-18-20-41(21-19-26)35(43)34-25(2)29-11-7-9-13-31(29)45-34/h6-17,23,26H,18-22H2,1-5H3,(H2,38,39,44). The van der Waals surface area contributed by atoms with Gasteiger partial charge in [-0.3, -0.25) is 10.1 Å². The number of aromatic nitrogens is 2. The number of anilines is 2. The number of benzene rings is 3. The van der Waals surface area contributed by atoms with Gasteiger partial charge in [-0.25, -0.2) is 9.48 Å². The van der Waals surface area contributed by atoms with Crippen LogP contribution in [0.2, 0.25) is 0 Å². The topological polar surface area (TPSA) is 92.4 Å². The lowest BCUT2D eigenvalue weighted by Gasteiger charge is -2.32. The second-order valence-corrected chi connectivity index (χ2v) is 13.1. The van der Waals surface area contributed by atoms with Crippen LogP contribution in [0.3, 0.4) is 0 Å². The normalized spacial score (nSPS) is 14.1. The Balaban J connectivity index is 1.11. The summed E-state index contributed by atoms with van der Waals surface area (Å²) in [4.78, 5) is 28.6. The van der Waals surface area contributed by atoms with E-state index in [9.17, 15) is 9.59 Å². The Morgan fingerprint density at radius 2 is 1.60 bits per heavy atom. The van der Waals surface area contributed by atoms with Gasteiger partial charge in [0.1, 0.15) is 11.4 Å². The first-order valence-electron chi connectivity index (χ1n) is 15.7. The number of para-hydroxylation sites is 2. The van der Waals surface area contributed by atoms with Crippen molar-refractivity contribution >= 4 is 34.4 Å². The number of rotatable bonds is 6. The molecule has 2 aromatic heterocycles. The Morgan fingerprint density at radius 1 is 0.911 bits per heavy atom. The van der Waals surface area contributed by atoms with Crippen LogP contribution in [0, 0.1) is 19.8 Å². The van der Waals surface area contributed by atoms with Gasteiger partial charge >= 0.3 is 6.03 Å². The second-order valence-electron chi connectivity index (χ2n) is 13.1. The molecule has 45 heavy (non-hydrogen) atoms. The lowest BCUT2D eigenvalue weighted by Crippen LogP contribution is -2.39. The fourth-order valence-corrected chi connectivity index (χ4v) is 5.98. The first-order valence-corrected chi connectivity index (χ1v) is 15.7. The minimum Gasteiger partial charge on any atom is -0.451 e. The summed E-state index contributed by atoms with van der Waals surface area (Å²) in [5.74, 6) is 1.40. The van der Waals surface area contributed by atoms with Gasteiger partial charge in [0.15, 0.2) is 5.76 Å². The number of piperidine rings is 1. The molecule has 3 amide bonds. The molecule has 8 nitrogen and oxygen atoms in total. The molecule has 0 aliphatic carbocycles. The van der Waals surface area contributed by atoms with Crippen LogP contribution < -0.4 is 10.6 Å². The molecule has 6 rings (SSSR count). The third-order valence-electron chi connectivity index (χ3n) is 8.71. The van der Waals surface area contributed by atoms with Gasteiger partial charge in [0.25, 0.3) is 5.91 Å². The Labute approximate surface area is 264 Å². The number of carbonyl (C=O) groups excluding carboxylic acids is 2. The zero-order valence-electron chi connectivity index (χ0n) is 26.7. The van der Waals surface area contributed by atoms with Crippen molar-refractivity contribution in [3.8, 4) is 5.69 Å². The number of furan rings is 1. The van der Waals surface area contributed by atoms with Gasteiger partial charge in [0.05, 0.1) is 11.4 Å². The molecule has 2 N–H and O–H groups in total. The van der Waals surface area contributed by atoms with Crippen LogP contribution in [0.25, 0.3) is 16.7 Å². The zero-order chi connectivity index (χ0) is 31.7. The number of urea groups is 1. The summed E-state index contributed by atoms with van der Waals surface area (Å²) in [5, 5.41) is 11.9. The van der Waals surface area contributed by atoms with Gasteiger partial charge in [-0.2, -0.15) is 5.10 Å². The van der Waals surface area contributed by atoms with Crippen LogP contribution in [0.5, 0.6) is 0 Å². The quantitative estimate of drug-likeness (QED) is 0.204. The van der Waals surface area contributed by atoms with E-state index in [1.165, 1.54) is 0 Å². The van der Waals surface area contributed by atoms with Gasteiger partial charge in [0, 0.05) is 41.2 Å². The van der Waals surface area contributed by atoms with Crippen molar-refractivity contribution < 1.29 is 14.0 Å². The van der Waals surface area contributed by atoms with E-state index in [1.54, 1.807) is 4.68 Å². The van der Waals surface area contributed by atoms with E-state index in [1.807, 2.05) is 91.5 Å². The van der Waals surface area contributed by atoms with Crippen molar-refractivity contribution in [2.75, 3.05) is 23.7 Å². The van der Waals surface area contributed by atoms with E-state index in [0.29, 0.717) is 30.6 Å². The molecule has 1 aliphatic rings. The molecule has 5 aromatic rings. The molecule has 1 fully saturated rings. The molecule has 0 spiro atoms. The summed E-state index contributed by atoms with van der Waals surface area (Å²) in [7, 11) is 0. The molecule has 0 radical (unpaired) electrons. The lowest BCUT2D eigenvalue weighted by molar-refractivity contribution is 0.0660. The minimum atomic E-state index is -0.321. The highest BCUT2D eigenvalue weighted by atomic mass is 16.3. The number of carbonyl (C=O) groups is 2. The van der Waals surface area contributed by atoms with Crippen LogP contribution in [0.4, 0.5) is 16.3 Å². The van der Waals surface area contributed by atoms with E-state index in [2.05, 4.69) is 37.5 Å². The third kappa shape index (κ3) is 6.50. The summed E-state index contributed by atoms with van der Waals surface area (Å²) in [5.41, 5.74) is 6.25. The van der Waals surface area contributed by atoms with E-state index in [0.717, 1.165) is 64.0 Å². The molecular formula is C37H41N5O3. The zero-order valence-corrected chi connectivity index (χ0v) is 26.7. The molecule has 8 heteroatoms. The van der Waals surface area contributed by atoms with Crippen molar-refractivity contribution in [3.05, 3.63) is 107 Å². The number of aryl methyl sites for hydroxylation is 2. The fraction of sp³-hybridized carbons (Fsp3) is 0.324. The van der Waals surface area contributed by atoms with Gasteiger partial charge in [-0.15, -0.1) is 0 Å². The molecule has 0 saturated carbocycles. The smallest absolute Gasteiger partial charge is 0.324 e. The highest BCUT2D eigenvalue weighted by Crippen LogP contribution is 2.30. The van der Waals surface area contributed by atoms with Crippen LogP contribution in [0.15, 0.2) is 83.3 Å². The predicted molar refractivity (Wildman–Crippen MR) is 179 cm³/mol. The van der Waals surface area contributed by atoms with Crippen LogP contribution >= 0.6 is 0 Å². The van der Waals surface area contributed by atoms with Crippen LogP contribution in [-0.4, -0.2) is 39.7 Å². The highest BCUT2D eigenvalue weighted by Gasteiger charge is 2.28. The first kappa shape index (κ1) is 30.2. The number of hydrogen-bond donors (Lipinski definition) is 2. The Hall–Kier alpha value is -4.85. The fourth-order valence-electron chi connectivity index (χ4n) is 5.98. The number of nitrogens with zero attached hydrogens (tertiary/aromatic N) is 3.